The second-order valence-electron chi connectivity index (χ2n) is 15.3. The molecule has 0 aliphatic heterocycles. The maximum atomic E-state index is 15.4. The first-order valence-corrected chi connectivity index (χ1v) is 19.8. The van der Waals surface area contributed by atoms with Gasteiger partial charge in [-0.1, -0.05) is 133 Å². The zero-order chi connectivity index (χ0) is 40.0. The Morgan fingerprint density at radius 2 is 0.883 bits per heavy atom. The third-order valence-electron chi connectivity index (χ3n) is 12.0. The van der Waals surface area contributed by atoms with Crippen molar-refractivity contribution in [3.63, 3.8) is 0 Å². The molecule has 0 N–H and O–H groups in total. The summed E-state index contributed by atoms with van der Waals surface area (Å²) in [5, 5.41) is 0. The summed E-state index contributed by atoms with van der Waals surface area (Å²) in [6.45, 7) is 0. The van der Waals surface area contributed by atoms with Crippen molar-refractivity contribution in [1.82, 2.24) is 24.3 Å². The van der Waals surface area contributed by atoms with E-state index < -0.39 is 5.41 Å². The van der Waals surface area contributed by atoms with Crippen molar-refractivity contribution in [3.8, 4) is 78.9 Å². The molecule has 0 atom stereocenters. The minimum Gasteiger partial charge on any atom is -0.299 e. The van der Waals surface area contributed by atoms with Crippen LogP contribution in [0.3, 0.4) is 0 Å². The summed E-state index contributed by atoms with van der Waals surface area (Å²) < 4.78 is 32.9. The van der Waals surface area contributed by atoms with Crippen molar-refractivity contribution in [3.05, 3.63) is 222 Å². The molecule has 0 amide bonds. The Morgan fingerprint density at radius 3 is 1.58 bits per heavy atom. The SMILES string of the molecule is Fc1ccc2c(c1)C1(c3ccccc3-c3ccc(-c4nc(-c5ccccc5)nc(-c5cccc(-c6c(-c7ccccc7)nc7ccccn67)c5)n4)cc31)c1cc(F)ccc1-2. The fourth-order valence-electron chi connectivity index (χ4n) is 9.49. The van der Waals surface area contributed by atoms with Gasteiger partial charge >= 0.3 is 0 Å². The summed E-state index contributed by atoms with van der Waals surface area (Å²) in [6, 6.07) is 58.6. The van der Waals surface area contributed by atoms with Crippen LogP contribution in [0.2, 0.25) is 0 Å². The molecular weight excluding hydrogens is 745 g/mol. The maximum absolute atomic E-state index is 15.4. The highest BCUT2D eigenvalue weighted by Gasteiger charge is 2.52. The summed E-state index contributed by atoms with van der Waals surface area (Å²) in [5.74, 6) is 0.824. The van der Waals surface area contributed by atoms with Gasteiger partial charge in [0.25, 0.3) is 0 Å². The summed E-state index contributed by atoms with van der Waals surface area (Å²) in [6.07, 6.45) is 2.04. The molecule has 282 valence electrons. The van der Waals surface area contributed by atoms with E-state index in [1.165, 1.54) is 12.1 Å². The second kappa shape index (κ2) is 13.1. The lowest BCUT2D eigenvalue weighted by Crippen LogP contribution is -2.26. The Morgan fingerprint density at radius 1 is 0.367 bits per heavy atom. The van der Waals surface area contributed by atoms with Crippen molar-refractivity contribution in [2.24, 2.45) is 0 Å². The predicted octanol–water partition coefficient (Wildman–Crippen LogP) is 12.5. The zero-order valence-electron chi connectivity index (χ0n) is 31.9. The Hall–Kier alpha value is -7.90. The van der Waals surface area contributed by atoms with E-state index in [0.717, 1.165) is 89.4 Å². The van der Waals surface area contributed by atoms with Crippen molar-refractivity contribution in [2.75, 3.05) is 0 Å². The lowest BCUT2D eigenvalue weighted by Gasteiger charge is -2.30. The lowest BCUT2D eigenvalue weighted by molar-refractivity contribution is 0.618. The first-order valence-electron chi connectivity index (χ1n) is 19.8. The zero-order valence-corrected chi connectivity index (χ0v) is 31.9. The molecule has 3 aromatic heterocycles. The Balaban J connectivity index is 1.07. The van der Waals surface area contributed by atoms with Gasteiger partial charge in [-0.2, -0.15) is 0 Å². The third-order valence-corrected chi connectivity index (χ3v) is 12.0. The van der Waals surface area contributed by atoms with Crippen molar-refractivity contribution in [1.29, 1.82) is 0 Å². The summed E-state index contributed by atoms with van der Waals surface area (Å²) in [7, 11) is 0. The highest BCUT2D eigenvalue weighted by molar-refractivity contribution is 5.96. The van der Waals surface area contributed by atoms with Gasteiger partial charge in [0.2, 0.25) is 0 Å². The molecule has 1 spiro atoms. The first-order chi connectivity index (χ1) is 29.5. The fraction of sp³-hybridized carbons (Fsp3) is 0.0189. The molecule has 7 aromatic carbocycles. The normalized spacial score (nSPS) is 13.0. The van der Waals surface area contributed by atoms with Crippen LogP contribution in [0.1, 0.15) is 22.3 Å². The summed E-state index contributed by atoms with van der Waals surface area (Å²) >= 11 is 0. The van der Waals surface area contributed by atoms with Gasteiger partial charge < -0.3 is 0 Å². The van der Waals surface area contributed by atoms with Crippen LogP contribution >= 0.6 is 0 Å². The van der Waals surface area contributed by atoms with E-state index in [0.29, 0.717) is 17.5 Å². The number of hydrogen-bond donors (Lipinski definition) is 0. The van der Waals surface area contributed by atoms with Gasteiger partial charge in [0.1, 0.15) is 17.3 Å². The minimum absolute atomic E-state index is 0.347. The highest BCUT2D eigenvalue weighted by atomic mass is 19.1. The number of halogens is 2. The van der Waals surface area contributed by atoms with Crippen LogP contribution in [0, 0.1) is 11.6 Å². The van der Waals surface area contributed by atoms with Gasteiger partial charge in [0.15, 0.2) is 17.5 Å². The molecule has 2 aliphatic carbocycles. The number of benzene rings is 7. The minimum atomic E-state index is -0.965. The van der Waals surface area contributed by atoms with E-state index >= 15 is 8.78 Å². The molecule has 0 unspecified atom stereocenters. The molecule has 0 fully saturated rings. The van der Waals surface area contributed by atoms with Gasteiger partial charge in [-0.3, -0.25) is 4.40 Å². The van der Waals surface area contributed by atoms with Crippen LogP contribution in [-0.4, -0.2) is 24.3 Å². The monoisotopic (exact) mass is 775 g/mol. The maximum Gasteiger partial charge on any atom is 0.164 e. The van der Waals surface area contributed by atoms with Crippen LogP contribution in [-0.2, 0) is 5.41 Å². The number of nitrogens with zero attached hydrogens (tertiary/aromatic N) is 5. The highest BCUT2D eigenvalue weighted by Crippen LogP contribution is 2.63. The molecule has 3 heterocycles. The quantitative estimate of drug-likeness (QED) is 0.175. The molecule has 7 heteroatoms. The number of hydrogen-bond acceptors (Lipinski definition) is 4. The number of imidazole rings is 1. The van der Waals surface area contributed by atoms with E-state index in [4.69, 9.17) is 19.9 Å². The van der Waals surface area contributed by atoms with E-state index in [9.17, 15) is 0 Å². The second-order valence-corrected chi connectivity index (χ2v) is 15.3. The molecule has 0 saturated carbocycles. The Labute approximate surface area is 344 Å². The molecule has 2 aliphatic rings. The van der Waals surface area contributed by atoms with E-state index in [-0.39, 0.29) is 11.6 Å². The number of aromatic nitrogens is 5. The third kappa shape index (κ3) is 5.02. The smallest absolute Gasteiger partial charge is 0.164 e. The summed E-state index contributed by atoms with van der Waals surface area (Å²) in [4.78, 5) is 20.5. The molecule has 5 nitrogen and oxygen atoms in total. The van der Waals surface area contributed by atoms with Crippen LogP contribution in [0.4, 0.5) is 8.78 Å². The van der Waals surface area contributed by atoms with Gasteiger partial charge in [-0.25, -0.2) is 28.7 Å². The standard InChI is InChI=1S/C53H31F2N5/c54-37-22-25-41-42-26-23-38(55)31-46(42)53(45(41)30-37)43-19-8-7-18-39(43)40-24-21-36(29-44(40)53)52-58-50(33-14-5-2-6-15-33)57-51(59-52)35-17-11-16-34(28-35)49-48(32-12-3-1-4-13-32)56-47-20-9-10-27-60(47)49/h1-31H. The van der Waals surface area contributed by atoms with E-state index in [1.807, 2.05) is 115 Å². The fourth-order valence-corrected chi connectivity index (χ4v) is 9.49. The molecule has 10 aromatic rings. The van der Waals surface area contributed by atoms with Gasteiger partial charge in [-0.05, 0) is 93.0 Å². The molecule has 12 rings (SSSR count). The van der Waals surface area contributed by atoms with Gasteiger partial charge in [-0.15, -0.1) is 0 Å². The van der Waals surface area contributed by atoms with Crippen molar-refractivity contribution >= 4 is 5.65 Å². The van der Waals surface area contributed by atoms with Crippen molar-refractivity contribution in [2.45, 2.75) is 5.41 Å². The van der Waals surface area contributed by atoms with Crippen LogP contribution in [0.15, 0.2) is 188 Å². The van der Waals surface area contributed by atoms with Gasteiger partial charge in [0, 0.05) is 34.0 Å². The Bertz CT molecular complexity index is 3310. The average Bonchev–Trinajstić information content (AvgIpc) is 3.93. The predicted molar refractivity (Wildman–Crippen MR) is 232 cm³/mol. The Kier molecular flexibility index (Phi) is 7.44. The largest absolute Gasteiger partial charge is 0.299 e. The number of fused-ring (bicyclic) bond motifs is 11. The molecule has 0 radical (unpaired) electrons. The number of pyridine rings is 1. The number of rotatable bonds is 5. The van der Waals surface area contributed by atoms with E-state index in [2.05, 4.69) is 52.9 Å². The van der Waals surface area contributed by atoms with Crippen LogP contribution in [0.5, 0.6) is 0 Å². The van der Waals surface area contributed by atoms with Crippen LogP contribution in [0.25, 0.3) is 84.6 Å². The van der Waals surface area contributed by atoms with Gasteiger partial charge in [0.05, 0.1) is 16.8 Å². The first kappa shape index (κ1) is 34.2. The van der Waals surface area contributed by atoms with Crippen LogP contribution < -0.4 is 0 Å². The molecule has 60 heavy (non-hydrogen) atoms. The molecular formula is C53H31F2N5. The lowest BCUT2D eigenvalue weighted by atomic mass is 9.70. The van der Waals surface area contributed by atoms with Crippen molar-refractivity contribution < 1.29 is 8.78 Å². The van der Waals surface area contributed by atoms with E-state index in [1.54, 1.807) is 12.1 Å². The summed E-state index contributed by atoms with van der Waals surface area (Å²) in [5.41, 5.74) is 13.4. The average molecular weight is 776 g/mol. The molecule has 0 saturated heterocycles. The molecule has 0 bridgehead atoms. The topological polar surface area (TPSA) is 56.0 Å².